The number of aryl methyl sites for hydroxylation is 1. The van der Waals surface area contributed by atoms with E-state index in [1.165, 1.54) is 18.0 Å². The third-order valence-corrected chi connectivity index (χ3v) is 4.97. The maximum atomic E-state index is 13.9. The fraction of sp³-hybridized carbons (Fsp3) is 0.421. The summed E-state index contributed by atoms with van der Waals surface area (Å²) in [5.41, 5.74) is 0.0879. The Kier molecular flexibility index (Phi) is 6.20. The lowest BCUT2D eigenvalue weighted by Gasteiger charge is -2.23. The number of hydrogen-bond acceptors (Lipinski definition) is 5. The lowest BCUT2D eigenvalue weighted by Crippen LogP contribution is -2.46. The van der Waals surface area contributed by atoms with Crippen LogP contribution in [0.1, 0.15) is 36.0 Å². The number of likely N-dealkylation sites (N-methyl/N-ethyl adjacent to an activating group) is 1. The molecule has 0 fully saturated rings. The van der Waals surface area contributed by atoms with Gasteiger partial charge in [-0.1, -0.05) is 6.07 Å². The van der Waals surface area contributed by atoms with Gasteiger partial charge in [0.25, 0.3) is 5.91 Å². The second-order valence-electron chi connectivity index (χ2n) is 7.29. The van der Waals surface area contributed by atoms with Crippen LogP contribution in [-0.4, -0.2) is 48.4 Å². The van der Waals surface area contributed by atoms with Crippen LogP contribution in [0, 0.1) is 12.7 Å². The van der Waals surface area contributed by atoms with Crippen molar-refractivity contribution in [1.82, 2.24) is 10.2 Å². The van der Waals surface area contributed by atoms with Crippen LogP contribution in [0.3, 0.4) is 0 Å². The van der Waals surface area contributed by atoms with E-state index < -0.39 is 29.8 Å². The molecule has 2 amide bonds. The molecule has 146 valence electrons. The van der Waals surface area contributed by atoms with E-state index in [2.05, 4.69) is 5.32 Å². The molecule has 1 aromatic heterocycles. The second-order valence-corrected chi connectivity index (χ2v) is 8.35. The molecule has 8 heteroatoms. The molecule has 0 saturated heterocycles. The van der Waals surface area contributed by atoms with Crippen molar-refractivity contribution >= 4 is 39.2 Å². The lowest BCUT2D eigenvalue weighted by atomic mass is 10.1. The monoisotopic (exact) mass is 394 g/mol. The van der Waals surface area contributed by atoms with Crippen LogP contribution in [-0.2, 0) is 14.3 Å². The predicted molar refractivity (Wildman–Crippen MR) is 102 cm³/mol. The zero-order chi connectivity index (χ0) is 20.4. The summed E-state index contributed by atoms with van der Waals surface area (Å²) in [6.07, 6.45) is 0. The van der Waals surface area contributed by atoms with Gasteiger partial charge in [0.05, 0.1) is 6.54 Å². The highest BCUT2D eigenvalue weighted by atomic mass is 32.1. The third kappa shape index (κ3) is 5.26. The van der Waals surface area contributed by atoms with E-state index in [0.29, 0.717) is 15.6 Å². The number of carbonyl (C=O) groups excluding carboxylic acids is 3. The molecule has 1 aromatic carbocycles. The molecule has 1 heterocycles. The van der Waals surface area contributed by atoms with Crippen molar-refractivity contribution < 1.29 is 23.5 Å². The Hall–Kier alpha value is -2.48. The van der Waals surface area contributed by atoms with Gasteiger partial charge in [-0.3, -0.25) is 9.59 Å². The Labute approximate surface area is 161 Å². The predicted octanol–water partition coefficient (Wildman–Crippen LogP) is 2.88. The molecule has 0 aliphatic carbocycles. The number of nitrogens with zero attached hydrogens (tertiary/aromatic N) is 1. The number of benzene rings is 1. The Bertz CT molecular complexity index is 886. The van der Waals surface area contributed by atoms with E-state index in [4.69, 9.17) is 4.74 Å². The first-order chi connectivity index (χ1) is 12.5. The first-order valence-corrected chi connectivity index (χ1v) is 9.21. The van der Waals surface area contributed by atoms with Crippen molar-refractivity contribution in [3.8, 4) is 0 Å². The minimum absolute atomic E-state index is 0.138. The number of hydrogen-bond donors (Lipinski definition) is 1. The van der Waals surface area contributed by atoms with Gasteiger partial charge in [-0.15, -0.1) is 11.3 Å². The summed E-state index contributed by atoms with van der Waals surface area (Å²) in [4.78, 5) is 37.7. The Morgan fingerprint density at radius 2 is 1.93 bits per heavy atom. The van der Waals surface area contributed by atoms with Gasteiger partial charge >= 0.3 is 5.97 Å². The quantitative estimate of drug-likeness (QED) is 0.792. The number of amides is 2. The van der Waals surface area contributed by atoms with E-state index in [1.807, 2.05) is 20.8 Å². The van der Waals surface area contributed by atoms with E-state index in [-0.39, 0.29) is 17.3 Å². The number of carbonyl (C=O) groups is 3. The molecule has 27 heavy (non-hydrogen) atoms. The highest BCUT2D eigenvalue weighted by Crippen LogP contribution is 2.32. The maximum Gasteiger partial charge on any atom is 0.349 e. The molecule has 0 unspecified atom stereocenters. The summed E-state index contributed by atoms with van der Waals surface area (Å²) >= 11 is 1.12. The van der Waals surface area contributed by atoms with Gasteiger partial charge in [-0.05, 0) is 45.4 Å². The molecule has 0 bridgehead atoms. The SMILES string of the molecule is Cc1c(C(=O)OCC(=O)N(C)CC(=O)NC(C)(C)C)sc2cccc(F)c12. The van der Waals surface area contributed by atoms with Crippen molar-refractivity contribution in [2.75, 3.05) is 20.2 Å². The fourth-order valence-corrected chi connectivity index (χ4v) is 3.63. The second kappa shape index (κ2) is 8.04. The Morgan fingerprint density at radius 1 is 1.26 bits per heavy atom. The van der Waals surface area contributed by atoms with Gasteiger partial charge in [0.2, 0.25) is 5.91 Å². The third-order valence-electron chi connectivity index (χ3n) is 3.74. The van der Waals surface area contributed by atoms with Crippen LogP contribution in [0.15, 0.2) is 18.2 Å². The molecule has 0 aliphatic heterocycles. The number of ether oxygens (including phenoxy) is 1. The lowest BCUT2D eigenvalue weighted by molar-refractivity contribution is -0.137. The van der Waals surface area contributed by atoms with Crippen molar-refractivity contribution in [3.05, 3.63) is 34.5 Å². The number of esters is 1. The molecule has 0 atom stereocenters. The molecule has 0 spiro atoms. The number of nitrogens with one attached hydrogen (secondary N) is 1. The van der Waals surface area contributed by atoms with Crippen LogP contribution in [0.5, 0.6) is 0 Å². The average molecular weight is 394 g/mol. The zero-order valence-electron chi connectivity index (χ0n) is 16.0. The first kappa shape index (κ1) is 20.8. The van der Waals surface area contributed by atoms with Crippen LogP contribution < -0.4 is 5.32 Å². The van der Waals surface area contributed by atoms with Gasteiger partial charge in [-0.2, -0.15) is 0 Å². The van der Waals surface area contributed by atoms with Gasteiger partial charge in [-0.25, -0.2) is 9.18 Å². The summed E-state index contributed by atoms with van der Waals surface area (Å²) in [6, 6.07) is 4.63. The van der Waals surface area contributed by atoms with E-state index >= 15 is 0 Å². The molecule has 0 saturated carbocycles. The smallest absolute Gasteiger partial charge is 0.349 e. The Morgan fingerprint density at radius 3 is 2.52 bits per heavy atom. The molecular formula is C19H23FN2O4S. The fourth-order valence-electron chi connectivity index (χ4n) is 2.51. The van der Waals surface area contributed by atoms with Crippen LogP contribution in [0.25, 0.3) is 10.1 Å². The number of fused-ring (bicyclic) bond motifs is 1. The molecule has 0 aliphatic rings. The van der Waals surface area contributed by atoms with E-state index in [0.717, 1.165) is 11.3 Å². The van der Waals surface area contributed by atoms with Gasteiger partial charge in [0.1, 0.15) is 10.7 Å². The van der Waals surface area contributed by atoms with Crippen molar-refractivity contribution in [2.45, 2.75) is 33.2 Å². The van der Waals surface area contributed by atoms with Crippen molar-refractivity contribution in [1.29, 1.82) is 0 Å². The van der Waals surface area contributed by atoms with Crippen LogP contribution >= 0.6 is 11.3 Å². The summed E-state index contributed by atoms with van der Waals surface area (Å²) in [7, 11) is 1.46. The largest absolute Gasteiger partial charge is 0.451 e. The van der Waals surface area contributed by atoms with Gasteiger partial charge in [0, 0.05) is 22.7 Å². The van der Waals surface area contributed by atoms with Crippen molar-refractivity contribution in [2.24, 2.45) is 0 Å². The minimum Gasteiger partial charge on any atom is -0.451 e. The maximum absolute atomic E-state index is 13.9. The molecule has 2 rings (SSSR count). The normalized spacial score (nSPS) is 11.3. The highest BCUT2D eigenvalue weighted by molar-refractivity contribution is 7.21. The molecule has 1 N–H and O–H groups in total. The van der Waals surface area contributed by atoms with Crippen LogP contribution in [0.2, 0.25) is 0 Å². The first-order valence-electron chi connectivity index (χ1n) is 8.39. The number of rotatable bonds is 5. The van der Waals surface area contributed by atoms with E-state index in [1.54, 1.807) is 19.1 Å². The standard InChI is InChI=1S/C19H23FN2O4S/c1-11-16-12(20)7-6-8-13(16)27-17(11)18(25)26-10-15(24)22(5)9-14(23)21-19(2,3)4/h6-8H,9-10H2,1-5H3,(H,21,23). The molecule has 2 aromatic rings. The summed E-state index contributed by atoms with van der Waals surface area (Å²) in [5.74, 6) is -1.90. The summed E-state index contributed by atoms with van der Waals surface area (Å²) < 4.78 is 19.6. The number of halogens is 1. The van der Waals surface area contributed by atoms with Crippen LogP contribution in [0.4, 0.5) is 4.39 Å². The molecule has 6 nitrogen and oxygen atoms in total. The van der Waals surface area contributed by atoms with Gasteiger partial charge < -0.3 is 15.0 Å². The highest BCUT2D eigenvalue weighted by Gasteiger charge is 2.22. The average Bonchev–Trinajstić information content (AvgIpc) is 2.88. The minimum atomic E-state index is -0.686. The van der Waals surface area contributed by atoms with Gasteiger partial charge in [0.15, 0.2) is 6.61 Å². The topological polar surface area (TPSA) is 75.7 Å². The molecular weight excluding hydrogens is 371 g/mol. The summed E-state index contributed by atoms with van der Waals surface area (Å²) in [5, 5.41) is 3.13. The molecule has 0 radical (unpaired) electrons. The van der Waals surface area contributed by atoms with E-state index in [9.17, 15) is 18.8 Å². The summed E-state index contributed by atoms with van der Waals surface area (Å²) in [6.45, 7) is 6.53. The zero-order valence-corrected chi connectivity index (χ0v) is 16.8. The number of thiophene rings is 1. The van der Waals surface area contributed by atoms with Crippen molar-refractivity contribution in [3.63, 3.8) is 0 Å². The Balaban J connectivity index is 1.97.